The Morgan fingerprint density at radius 1 is 0.625 bits per heavy atom. The monoisotopic (exact) mass is 1390 g/mol. The maximum atomic E-state index is 15.0. The van der Waals surface area contributed by atoms with Crippen molar-refractivity contribution in [2.75, 3.05) is 86.0 Å². The average molecular weight is 1390 g/mol. The molecule has 0 spiro atoms. The number of ketones is 1. The molecule has 0 bridgehead atoms. The number of carbonyl (C=O) groups excluding carboxylic acids is 1. The second kappa shape index (κ2) is 32.0. The lowest BCUT2D eigenvalue weighted by Crippen LogP contribution is -2.51. The Labute approximate surface area is 541 Å². The van der Waals surface area contributed by atoms with Gasteiger partial charge in [-0.15, -0.1) is 0 Å². The number of nitrogens with one attached hydrogen (secondary N) is 4. The second-order valence-corrected chi connectivity index (χ2v) is 25.9. The van der Waals surface area contributed by atoms with Crippen LogP contribution in [0.3, 0.4) is 0 Å². The highest BCUT2D eigenvalue weighted by Crippen LogP contribution is 2.41. The summed E-state index contributed by atoms with van der Waals surface area (Å²) in [6.07, 6.45) is 24.9. The lowest BCUT2D eigenvalue weighted by molar-refractivity contribution is -0.140. The molecule has 18 nitrogen and oxygen atoms in total. The van der Waals surface area contributed by atoms with Crippen LogP contribution in [0.15, 0.2) is 61.6 Å². The van der Waals surface area contributed by atoms with Crippen LogP contribution in [0, 0.1) is 26.9 Å². The molecule has 0 unspecified atom stereocenters. The maximum absolute atomic E-state index is 15.0. The van der Waals surface area contributed by atoms with E-state index in [4.69, 9.17) is 44.3 Å². The van der Waals surface area contributed by atoms with E-state index in [0.717, 1.165) is 155 Å². The molecule has 5 aromatic heterocycles. The first kappa shape index (κ1) is 67.7. The van der Waals surface area contributed by atoms with Crippen LogP contribution in [0.5, 0.6) is 0 Å². The van der Waals surface area contributed by atoms with Crippen LogP contribution < -0.4 is 10.6 Å². The largest absolute Gasteiger partial charge is 0.378 e. The van der Waals surface area contributed by atoms with Crippen molar-refractivity contribution in [1.29, 1.82) is 0 Å². The highest BCUT2D eigenvalue weighted by atomic mass is 127. The summed E-state index contributed by atoms with van der Waals surface area (Å²) in [4.78, 5) is 14.7. The van der Waals surface area contributed by atoms with Crippen LogP contribution in [0.25, 0.3) is 38.4 Å². The predicted octanol–water partition coefficient (Wildman–Crippen LogP) is 12.3. The standard InChI is InChI=1S/C19H21ClFN5O.C15H17ClFN3O.C12H13ClFN3.C9H19N.C4H5IN2.C3H4O2.CH4/c1-24-9-13(7-22-24)26-17-6-15(18(20)19(21)16(17)8-23-26)12-2-4-25(5-3-12)14-10-27-11-14;16-14-11(5-13-12(15(14)17)6-18-19-13)9-1-3-20(4-2-9)10-7-21-8-10;13-11-8(7-1-3-15-4-2-7)5-10-9(12(11)14)6-16-17-10;1-3-8-6-4-5-7-9(8)10-2;1-7-3-4(5)2-6-7;4-3-1-5-2-3;/h6-9,12,14H,2-5,10-11H2,1H3;5-6,9-10H,1-4,7-8H2,(H,18,19);5-7,15H,1-4H2,(H,16,17);8-10H,3-7H2,1-2H3;2-3H,1H3;1-2H2;1H4/t;;;8-,9-;;;/m...1.../s1. The molecule has 7 aliphatic rings. The Morgan fingerprint density at radius 2 is 1.10 bits per heavy atom. The number of likely N-dealkylation sites (tertiary alicyclic amines) is 2. The zero-order valence-electron chi connectivity index (χ0n) is 49.8. The van der Waals surface area contributed by atoms with Crippen molar-refractivity contribution in [2.45, 2.75) is 121 Å². The number of aryl methyl sites for hydroxylation is 2. The van der Waals surface area contributed by atoms with Crippen molar-refractivity contribution in [2.24, 2.45) is 20.0 Å². The summed E-state index contributed by atoms with van der Waals surface area (Å²) in [5, 5.41) is 34.7. The SMILES string of the molecule is C.CC[C@@H]1CCCC[C@H]1NC.Cn1cc(-n2ncc3c(F)c(Cl)c(C4CCN(C5COC5)CC4)cc32)cn1.Cn1cc(I)cn1.Fc1c(Cl)c(C2CCN(C3COC3)CC2)cc2[nH]ncc12.Fc1c(Cl)c(C2CCNCC2)cc2[nH]ncc12.O=C1COC1. The number of halogens is 7. The fourth-order valence-electron chi connectivity index (χ4n) is 12.6. The van der Waals surface area contributed by atoms with E-state index in [1.165, 1.54) is 54.3 Å². The van der Waals surface area contributed by atoms with Crippen LogP contribution in [0.1, 0.15) is 119 Å². The zero-order valence-corrected chi connectivity index (χ0v) is 54.3. The lowest BCUT2D eigenvalue weighted by atomic mass is 9.83. The molecule has 2 atom stereocenters. The van der Waals surface area contributed by atoms with Crippen molar-refractivity contribution < 1.29 is 32.2 Å². The first-order valence-electron chi connectivity index (χ1n) is 30.4. The summed E-state index contributed by atoms with van der Waals surface area (Å²) in [6, 6.07) is 7.84. The average Bonchev–Trinajstić information content (AvgIpc) is 2.93. The Kier molecular flexibility index (Phi) is 24.6. The van der Waals surface area contributed by atoms with Gasteiger partial charge >= 0.3 is 0 Å². The van der Waals surface area contributed by atoms with Crippen molar-refractivity contribution in [3.8, 4) is 5.69 Å². The second-order valence-electron chi connectivity index (χ2n) is 23.5. The van der Waals surface area contributed by atoms with E-state index in [1.54, 1.807) is 20.2 Å². The molecular formula is C63H83Cl3F3IN14O4. The van der Waals surface area contributed by atoms with Gasteiger partial charge in [0.15, 0.2) is 23.2 Å². The molecule has 11 heterocycles. The van der Waals surface area contributed by atoms with Gasteiger partial charge in [0.1, 0.15) is 18.9 Å². The molecule has 1 aliphatic carbocycles. The van der Waals surface area contributed by atoms with Gasteiger partial charge in [0, 0.05) is 26.3 Å². The quantitative estimate of drug-likeness (QED) is 0.105. The van der Waals surface area contributed by atoms with Crippen LogP contribution in [0.4, 0.5) is 13.2 Å². The van der Waals surface area contributed by atoms with Gasteiger partial charge in [0.25, 0.3) is 0 Å². The summed E-state index contributed by atoms with van der Waals surface area (Å²) in [6.45, 7) is 12.3. The summed E-state index contributed by atoms with van der Waals surface area (Å²) in [5.74, 6) is 0.992. The summed E-state index contributed by atoms with van der Waals surface area (Å²) < 4.78 is 64.7. The molecule has 15 rings (SSSR count). The maximum Gasteiger partial charge on any atom is 0.184 e. The molecule has 6 saturated heterocycles. The number of H-pyrrole nitrogens is 2. The van der Waals surface area contributed by atoms with Gasteiger partial charge in [-0.3, -0.25) is 34.2 Å². The van der Waals surface area contributed by atoms with Gasteiger partial charge in [0.05, 0.1) is 127 Å². The number of aromatic amines is 2. The Morgan fingerprint density at radius 3 is 1.50 bits per heavy atom. The van der Waals surface area contributed by atoms with Crippen molar-refractivity contribution in [1.82, 2.24) is 70.2 Å². The fraction of sp³-hybridized carbons (Fsp3) is 0.556. The van der Waals surface area contributed by atoms with Crippen LogP contribution in [-0.2, 0) is 33.1 Å². The molecule has 7 fully saturated rings. The molecule has 88 heavy (non-hydrogen) atoms. The molecule has 0 amide bonds. The fourth-order valence-corrected chi connectivity index (χ4v) is 14.1. The van der Waals surface area contributed by atoms with E-state index in [2.05, 4.69) is 97.4 Å². The first-order valence-corrected chi connectivity index (χ1v) is 32.6. The molecule has 478 valence electrons. The third kappa shape index (κ3) is 16.3. The topological polar surface area (TPSA) is 186 Å². The number of fused-ring (bicyclic) bond motifs is 3. The van der Waals surface area contributed by atoms with E-state index in [-0.39, 0.29) is 51.6 Å². The van der Waals surface area contributed by atoms with E-state index < -0.39 is 0 Å². The van der Waals surface area contributed by atoms with Crippen LogP contribution in [0.2, 0.25) is 15.1 Å². The number of hydrogen-bond donors (Lipinski definition) is 4. The van der Waals surface area contributed by atoms with Crippen LogP contribution in [-0.4, -0.2) is 169 Å². The number of ether oxygens (including phenoxy) is 3. The van der Waals surface area contributed by atoms with Gasteiger partial charge < -0.3 is 24.8 Å². The van der Waals surface area contributed by atoms with Gasteiger partial charge in [-0.2, -0.15) is 25.5 Å². The third-order valence-corrected chi connectivity index (χ3v) is 19.7. The van der Waals surface area contributed by atoms with Gasteiger partial charge in [-0.1, -0.05) is 68.4 Å². The molecule has 6 aliphatic heterocycles. The highest BCUT2D eigenvalue weighted by Gasteiger charge is 2.34. The lowest BCUT2D eigenvalue weighted by Gasteiger charge is -2.41. The van der Waals surface area contributed by atoms with Gasteiger partial charge in [0.2, 0.25) is 0 Å². The summed E-state index contributed by atoms with van der Waals surface area (Å²) in [5.41, 5.74) is 5.69. The molecule has 4 N–H and O–H groups in total. The van der Waals surface area contributed by atoms with Crippen molar-refractivity contribution in [3.05, 3.63) is 114 Å². The minimum atomic E-state index is -0.380. The van der Waals surface area contributed by atoms with Crippen LogP contribution >= 0.6 is 57.4 Å². The zero-order chi connectivity index (χ0) is 61.1. The number of piperidine rings is 3. The minimum Gasteiger partial charge on any atom is -0.378 e. The van der Waals surface area contributed by atoms with Gasteiger partial charge in [-0.25, -0.2) is 17.9 Å². The number of carbonyl (C=O) groups is 1. The Hall–Kier alpha value is -4.73. The molecule has 25 heteroatoms. The molecule has 8 aromatic rings. The predicted molar refractivity (Wildman–Crippen MR) is 350 cm³/mol. The summed E-state index contributed by atoms with van der Waals surface area (Å²) >= 11 is 21.0. The number of rotatable bonds is 8. The number of nitrogens with zero attached hydrogens (tertiary/aromatic N) is 10. The molecule has 1 saturated carbocycles. The first-order chi connectivity index (χ1) is 42.2. The van der Waals surface area contributed by atoms with Gasteiger partial charge in [-0.05, 0) is 179 Å². The Balaban J connectivity index is 0.000000135. The van der Waals surface area contributed by atoms with Crippen molar-refractivity contribution in [3.63, 3.8) is 0 Å². The normalized spacial score (nSPS) is 20.6. The number of hydrogen-bond acceptors (Lipinski definition) is 13. The smallest absolute Gasteiger partial charge is 0.184 e. The van der Waals surface area contributed by atoms with E-state index in [9.17, 15) is 18.0 Å². The highest BCUT2D eigenvalue weighted by molar-refractivity contribution is 14.1. The molecule has 3 aromatic carbocycles. The van der Waals surface area contributed by atoms with E-state index >= 15 is 0 Å². The van der Waals surface area contributed by atoms with Crippen molar-refractivity contribution >= 4 is 95.9 Å². The molecule has 0 radical (unpaired) electrons. The summed E-state index contributed by atoms with van der Waals surface area (Å²) in [7, 11) is 5.85. The minimum absolute atomic E-state index is 0. The van der Waals surface area contributed by atoms with E-state index in [0.29, 0.717) is 53.3 Å². The Bertz CT molecular complexity index is 3500. The number of Topliss-reactive ketones (excluding diaryl/α,β-unsaturated/α-hetero) is 1. The molecular weight excluding hydrogens is 1310 g/mol. The number of benzene rings is 3. The number of aromatic nitrogens is 10. The van der Waals surface area contributed by atoms with E-state index in [1.807, 2.05) is 50.9 Å². The third-order valence-electron chi connectivity index (χ3n) is 18.0.